The molecule has 1 aliphatic carbocycles. The van der Waals surface area contributed by atoms with Gasteiger partial charge in [-0.2, -0.15) is 13.9 Å². The van der Waals surface area contributed by atoms with Crippen LogP contribution in [0.1, 0.15) is 46.7 Å². The maximum atomic E-state index is 14.9. The number of hydrogen-bond donors (Lipinski definition) is 2. The van der Waals surface area contributed by atoms with Gasteiger partial charge >= 0.3 is 6.61 Å². The molecule has 44 heavy (non-hydrogen) atoms. The van der Waals surface area contributed by atoms with Crippen molar-refractivity contribution in [3.8, 4) is 17.0 Å². The summed E-state index contributed by atoms with van der Waals surface area (Å²) in [4.78, 5) is 40.1. The van der Waals surface area contributed by atoms with Crippen LogP contribution in [0.5, 0.6) is 5.75 Å². The first kappa shape index (κ1) is 29.5. The summed E-state index contributed by atoms with van der Waals surface area (Å²) in [5.41, 5.74) is 0.613. The first-order valence-corrected chi connectivity index (χ1v) is 14.0. The molecule has 3 aromatic heterocycles. The van der Waals surface area contributed by atoms with Crippen molar-refractivity contribution in [2.24, 2.45) is 11.8 Å². The molecule has 4 aromatic rings. The standard InChI is InChI=1S/C29H25ClF3N7O4/c1-13-5-15(7-35-26(13)39-10-16-6-18(16)28(39)43)14(2)40-11-17(8-36-40)37-27(42)25-21(12-41)34-9-20(38-25)23-22(44-29(32)33)4-3-19(30)24(23)31/h3-5,7-9,11,14,16,18,29,41H,6,10,12H2,1-2H3,(H,37,42)/t14?,16-,18-/m1/s1. The number of aromatic nitrogens is 5. The molecule has 1 aromatic carbocycles. The van der Waals surface area contributed by atoms with E-state index in [1.807, 2.05) is 19.9 Å². The molecular formula is C29H25ClF3N7O4. The molecule has 6 rings (SSSR count). The number of rotatable bonds is 9. The fraction of sp³-hybridized carbons (Fsp3) is 0.310. The van der Waals surface area contributed by atoms with Gasteiger partial charge < -0.3 is 15.2 Å². The summed E-state index contributed by atoms with van der Waals surface area (Å²) in [6, 6.07) is 3.74. The van der Waals surface area contributed by atoms with Gasteiger partial charge in [-0.1, -0.05) is 11.6 Å². The summed E-state index contributed by atoms with van der Waals surface area (Å²) < 4.78 is 46.9. The van der Waals surface area contributed by atoms with Gasteiger partial charge in [0.1, 0.15) is 11.6 Å². The van der Waals surface area contributed by atoms with Crippen LogP contribution in [-0.4, -0.2) is 54.8 Å². The molecule has 1 unspecified atom stereocenters. The minimum atomic E-state index is -3.27. The Labute approximate surface area is 253 Å². The number of nitrogens with zero attached hydrogens (tertiary/aromatic N) is 6. The van der Waals surface area contributed by atoms with Crippen LogP contribution in [0.4, 0.5) is 24.7 Å². The van der Waals surface area contributed by atoms with E-state index in [1.54, 1.807) is 22.0 Å². The first-order valence-electron chi connectivity index (χ1n) is 13.6. The van der Waals surface area contributed by atoms with Crippen molar-refractivity contribution in [2.75, 3.05) is 16.8 Å². The largest absolute Gasteiger partial charge is 0.434 e. The number of anilines is 2. The summed E-state index contributed by atoms with van der Waals surface area (Å²) in [5.74, 6) is -1.14. The number of nitrogens with one attached hydrogen (secondary N) is 1. The van der Waals surface area contributed by atoms with E-state index in [-0.39, 0.29) is 45.7 Å². The van der Waals surface area contributed by atoms with Crippen molar-refractivity contribution in [2.45, 2.75) is 39.5 Å². The Morgan fingerprint density at radius 2 is 2.05 bits per heavy atom. The minimum Gasteiger partial charge on any atom is -0.434 e. The van der Waals surface area contributed by atoms with E-state index in [9.17, 15) is 27.9 Å². The summed E-state index contributed by atoms with van der Waals surface area (Å²) in [6.45, 7) is 0.534. The number of benzene rings is 1. The number of alkyl halides is 2. The van der Waals surface area contributed by atoms with E-state index < -0.39 is 36.3 Å². The smallest absolute Gasteiger partial charge is 0.387 e. The van der Waals surface area contributed by atoms with E-state index in [1.165, 1.54) is 6.20 Å². The van der Waals surface area contributed by atoms with E-state index in [0.29, 0.717) is 18.3 Å². The number of carbonyl (C=O) groups excluding carboxylic acids is 2. The third kappa shape index (κ3) is 5.46. The number of carbonyl (C=O) groups is 2. The lowest BCUT2D eigenvalue weighted by Crippen LogP contribution is -2.29. The molecule has 11 nitrogen and oxygen atoms in total. The van der Waals surface area contributed by atoms with Crippen molar-refractivity contribution in [1.82, 2.24) is 24.7 Å². The number of amides is 2. The van der Waals surface area contributed by atoms with Crippen LogP contribution in [0, 0.1) is 24.6 Å². The molecule has 1 saturated carbocycles. The maximum absolute atomic E-state index is 14.9. The van der Waals surface area contributed by atoms with Gasteiger partial charge in [-0.3, -0.25) is 24.2 Å². The molecule has 2 aliphatic rings. The Balaban J connectivity index is 1.22. The highest BCUT2D eigenvalue weighted by molar-refractivity contribution is 6.31. The zero-order chi connectivity index (χ0) is 31.3. The molecule has 0 bridgehead atoms. The van der Waals surface area contributed by atoms with Crippen molar-refractivity contribution >= 4 is 34.9 Å². The predicted molar refractivity (Wildman–Crippen MR) is 152 cm³/mol. The molecule has 0 spiro atoms. The molecule has 15 heteroatoms. The Morgan fingerprint density at radius 1 is 1.25 bits per heavy atom. The average Bonchev–Trinajstić information content (AvgIpc) is 3.50. The van der Waals surface area contributed by atoms with Crippen LogP contribution in [0.3, 0.4) is 0 Å². The molecule has 4 heterocycles. The molecule has 3 atom stereocenters. The topological polar surface area (TPSA) is 135 Å². The molecule has 1 aliphatic heterocycles. The Bertz CT molecular complexity index is 1790. The normalized spacial score (nSPS) is 18.0. The van der Waals surface area contributed by atoms with Gasteiger partial charge in [-0.25, -0.2) is 14.4 Å². The second-order valence-corrected chi connectivity index (χ2v) is 11.0. The van der Waals surface area contributed by atoms with E-state index >= 15 is 0 Å². The van der Waals surface area contributed by atoms with Crippen LogP contribution in [-0.2, 0) is 11.4 Å². The van der Waals surface area contributed by atoms with Crippen molar-refractivity contribution in [3.05, 3.63) is 76.3 Å². The second-order valence-electron chi connectivity index (χ2n) is 10.6. The van der Waals surface area contributed by atoms with Gasteiger partial charge in [-0.15, -0.1) is 0 Å². The van der Waals surface area contributed by atoms with Gasteiger partial charge in [0.15, 0.2) is 11.5 Å². The van der Waals surface area contributed by atoms with Gasteiger partial charge in [0.05, 0.1) is 52.7 Å². The van der Waals surface area contributed by atoms with Crippen LogP contribution in [0.2, 0.25) is 5.02 Å². The molecule has 228 valence electrons. The van der Waals surface area contributed by atoms with Gasteiger partial charge in [0.2, 0.25) is 5.91 Å². The van der Waals surface area contributed by atoms with Crippen molar-refractivity contribution in [3.63, 3.8) is 0 Å². The maximum Gasteiger partial charge on any atom is 0.387 e. The fourth-order valence-corrected chi connectivity index (χ4v) is 5.48. The molecule has 2 fully saturated rings. The zero-order valence-electron chi connectivity index (χ0n) is 23.3. The van der Waals surface area contributed by atoms with Gasteiger partial charge in [0, 0.05) is 24.9 Å². The minimum absolute atomic E-state index is 0.123. The molecule has 1 saturated heterocycles. The number of aliphatic hydroxyl groups is 1. The lowest BCUT2D eigenvalue weighted by atomic mass is 10.1. The number of fused-ring (bicyclic) bond motifs is 1. The highest BCUT2D eigenvalue weighted by Crippen LogP contribution is 2.47. The van der Waals surface area contributed by atoms with E-state index in [0.717, 1.165) is 35.9 Å². The van der Waals surface area contributed by atoms with Crippen LogP contribution in [0.15, 0.2) is 43.0 Å². The Kier molecular flexibility index (Phi) is 7.72. The second kappa shape index (κ2) is 11.5. The van der Waals surface area contributed by atoms with Gasteiger partial charge in [-0.05, 0) is 55.5 Å². The molecule has 0 radical (unpaired) electrons. The fourth-order valence-electron chi connectivity index (χ4n) is 5.32. The molecular weight excluding hydrogens is 603 g/mol. The highest BCUT2D eigenvalue weighted by Gasteiger charge is 2.53. The monoisotopic (exact) mass is 627 g/mol. The van der Waals surface area contributed by atoms with Crippen molar-refractivity contribution < 1.29 is 32.6 Å². The van der Waals surface area contributed by atoms with Gasteiger partial charge in [0.25, 0.3) is 5.91 Å². The number of halogens is 4. The third-order valence-corrected chi connectivity index (χ3v) is 8.02. The third-order valence-electron chi connectivity index (χ3n) is 7.73. The number of hydrogen-bond acceptors (Lipinski definition) is 8. The zero-order valence-corrected chi connectivity index (χ0v) is 24.1. The Hall–Kier alpha value is -4.56. The van der Waals surface area contributed by atoms with E-state index in [4.69, 9.17) is 11.6 Å². The van der Waals surface area contributed by atoms with Crippen molar-refractivity contribution in [1.29, 1.82) is 0 Å². The van der Waals surface area contributed by atoms with Crippen LogP contribution in [0.25, 0.3) is 11.3 Å². The number of aliphatic hydroxyl groups excluding tert-OH is 1. The Morgan fingerprint density at radius 3 is 2.73 bits per heavy atom. The first-order chi connectivity index (χ1) is 21.0. The lowest BCUT2D eigenvalue weighted by molar-refractivity contribution is -0.118. The number of aryl methyl sites for hydroxylation is 1. The average molecular weight is 628 g/mol. The summed E-state index contributed by atoms with van der Waals surface area (Å²) in [7, 11) is 0. The summed E-state index contributed by atoms with van der Waals surface area (Å²) in [5, 5.41) is 16.3. The quantitative estimate of drug-likeness (QED) is 0.271. The number of ether oxygens (including phenoxy) is 1. The summed E-state index contributed by atoms with van der Waals surface area (Å²) in [6.07, 6.45) is 6.64. The number of piperidine rings is 1. The predicted octanol–water partition coefficient (Wildman–Crippen LogP) is 4.77. The highest BCUT2D eigenvalue weighted by atomic mass is 35.5. The summed E-state index contributed by atoms with van der Waals surface area (Å²) >= 11 is 5.86. The molecule has 2 N–H and O–H groups in total. The lowest BCUT2D eigenvalue weighted by Gasteiger charge is -2.21. The number of pyridine rings is 1. The van der Waals surface area contributed by atoms with E-state index in [2.05, 4.69) is 30.1 Å². The van der Waals surface area contributed by atoms with Crippen LogP contribution >= 0.6 is 11.6 Å². The SMILES string of the molecule is Cc1cc(C(C)n2cc(NC(=O)c3nc(-c4c(OC(F)F)ccc(Cl)c4F)cnc3CO)cn2)cnc1N1C[C@H]2C[C@H]2C1=O. The molecule has 2 amide bonds. The van der Waals surface area contributed by atoms with Crippen LogP contribution < -0.4 is 15.0 Å².